The summed E-state index contributed by atoms with van der Waals surface area (Å²) < 4.78 is 0. The Bertz CT molecular complexity index is 425. The van der Waals surface area contributed by atoms with Gasteiger partial charge in [-0.2, -0.15) is 5.26 Å². The molecule has 0 aliphatic carbocycles. The van der Waals surface area contributed by atoms with E-state index in [9.17, 15) is 4.79 Å². The highest BCUT2D eigenvalue weighted by Gasteiger charge is 2.06. The molecule has 0 heterocycles. The Morgan fingerprint density at radius 3 is 2.80 bits per heavy atom. The van der Waals surface area contributed by atoms with Crippen LogP contribution in [-0.2, 0) is 4.79 Å². The first-order chi connectivity index (χ1) is 7.04. The van der Waals surface area contributed by atoms with Crippen molar-refractivity contribution >= 4 is 23.2 Å². The maximum absolute atomic E-state index is 10.7. The molecule has 4 nitrogen and oxygen atoms in total. The molecule has 0 saturated heterocycles. The molecule has 1 rings (SSSR count). The van der Waals surface area contributed by atoms with Gasteiger partial charge in [0.15, 0.2) is 0 Å². The number of benzene rings is 1. The van der Waals surface area contributed by atoms with Gasteiger partial charge < -0.3 is 10.6 Å². The van der Waals surface area contributed by atoms with Crippen LogP contribution in [-0.4, -0.2) is 19.5 Å². The lowest BCUT2D eigenvalue weighted by Gasteiger charge is -2.17. The number of nitrogens with zero attached hydrogens (tertiary/aromatic N) is 2. The number of hydrogen-bond acceptors (Lipinski definition) is 3. The quantitative estimate of drug-likeness (QED) is 0.835. The van der Waals surface area contributed by atoms with E-state index >= 15 is 0 Å². The minimum atomic E-state index is -0.419. The van der Waals surface area contributed by atoms with E-state index in [0.29, 0.717) is 10.6 Å². The van der Waals surface area contributed by atoms with Crippen LogP contribution in [0.5, 0.6) is 0 Å². The van der Waals surface area contributed by atoms with Gasteiger partial charge in [0.2, 0.25) is 5.91 Å². The van der Waals surface area contributed by atoms with Crippen LogP contribution in [0.1, 0.15) is 5.56 Å². The summed E-state index contributed by atoms with van der Waals surface area (Å²) in [6.07, 6.45) is 0. The number of carbonyl (C=O) groups excluding carboxylic acids is 1. The molecule has 0 unspecified atom stereocenters. The van der Waals surface area contributed by atoms with E-state index in [2.05, 4.69) is 0 Å². The molecule has 0 aliphatic rings. The van der Waals surface area contributed by atoms with Gasteiger partial charge >= 0.3 is 0 Å². The second-order valence-corrected chi connectivity index (χ2v) is 3.51. The SMILES string of the molecule is CN(CC(N)=O)c1ccc(C#N)c(Cl)c1. The maximum Gasteiger partial charge on any atom is 0.236 e. The topological polar surface area (TPSA) is 70.1 Å². The lowest BCUT2D eigenvalue weighted by molar-refractivity contribution is -0.116. The summed E-state index contributed by atoms with van der Waals surface area (Å²) in [6.45, 7) is 0.113. The average Bonchev–Trinajstić information content (AvgIpc) is 2.16. The highest BCUT2D eigenvalue weighted by Crippen LogP contribution is 2.22. The lowest BCUT2D eigenvalue weighted by atomic mass is 10.2. The molecular formula is C10H10ClN3O. The van der Waals surface area contributed by atoms with E-state index in [0.717, 1.165) is 5.69 Å². The first-order valence-corrected chi connectivity index (χ1v) is 4.61. The van der Waals surface area contributed by atoms with E-state index in [1.54, 1.807) is 30.1 Å². The molecule has 2 N–H and O–H groups in total. The first kappa shape index (κ1) is 11.3. The molecule has 78 valence electrons. The summed E-state index contributed by atoms with van der Waals surface area (Å²) in [6, 6.07) is 6.91. The van der Waals surface area contributed by atoms with Crippen LogP contribution in [0.15, 0.2) is 18.2 Å². The molecule has 0 radical (unpaired) electrons. The fourth-order valence-electron chi connectivity index (χ4n) is 1.16. The number of primary amides is 1. The Morgan fingerprint density at radius 2 is 2.33 bits per heavy atom. The Hall–Kier alpha value is -1.73. The molecular weight excluding hydrogens is 214 g/mol. The molecule has 0 aromatic heterocycles. The number of anilines is 1. The molecule has 0 fully saturated rings. The normalized spacial score (nSPS) is 9.40. The zero-order chi connectivity index (χ0) is 11.4. The summed E-state index contributed by atoms with van der Waals surface area (Å²) in [5, 5.41) is 9.04. The van der Waals surface area contributed by atoms with Crippen molar-refractivity contribution in [2.75, 3.05) is 18.5 Å². The molecule has 1 aromatic rings. The molecule has 0 bridgehead atoms. The number of hydrogen-bond donors (Lipinski definition) is 1. The van der Waals surface area contributed by atoms with Crippen LogP contribution in [0.3, 0.4) is 0 Å². The van der Waals surface area contributed by atoms with Crippen molar-refractivity contribution in [3.63, 3.8) is 0 Å². The maximum atomic E-state index is 10.7. The number of amides is 1. The Balaban J connectivity index is 2.93. The predicted molar refractivity (Wildman–Crippen MR) is 58.6 cm³/mol. The van der Waals surface area contributed by atoms with Gasteiger partial charge in [-0.15, -0.1) is 0 Å². The number of likely N-dealkylation sites (N-methyl/N-ethyl adjacent to an activating group) is 1. The monoisotopic (exact) mass is 223 g/mol. The Kier molecular flexibility index (Phi) is 3.53. The fraction of sp³-hybridized carbons (Fsp3) is 0.200. The van der Waals surface area contributed by atoms with E-state index < -0.39 is 5.91 Å². The third-order valence-corrected chi connectivity index (χ3v) is 2.22. The van der Waals surface area contributed by atoms with Gasteiger partial charge in [-0.25, -0.2) is 0 Å². The van der Waals surface area contributed by atoms with E-state index in [4.69, 9.17) is 22.6 Å². The van der Waals surface area contributed by atoms with E-state index in [1.807, 2.05) is 6.07 Å². The lowest BCUT2D eigenvalue weighted by Crippen LogP contribution is -2.30. The molecule has 0 saturated carbocycles. The Morgan fingerprint density at radius 1 is 1.67 bits per heavy atom. The molecule has 0 aliphatic heterocycles. The standard InChI is InChI=1S/C10H10ClN3O/c1-14(6-10(13)15)8-3-2-7(5-12)9(11)4-8/h2-4H,6H2,1H3,(H2,13,15). The minimum absolute atomic E-state index is 0.113. The predicted octanol–water partition coefficient (Wildman–Crippen LogP) is 1.13. The van der Waals surface area contributed by atoms with Crippen LogP contribution in [0.4, 0.5) is 5.69 Å². The molecule has 1 aromatic carbocycles. The molecule has 5 heteroatoms. The zero-order valence-corrected chi connectivity index (χ0v) is 8.95. The molecule has 0 atom stereocenters. The molecule has 1 amide bonds. The van der Waals surface area contributed by atoms with Crippen molar-refractivity contribution in [1.82, 2.24) is 0 Å². The smallest absolute Gasteiger partial charge is 0.236 e. The van der Waals surface area contributed by atoms with Gasteiger partial charge in [-0.05, 0) is 18.2 Å². The highest BCUT2D eigenvalue weighted by atomic mass is 35.5. The highest BCUT2D eigenvalue weighted by molar-refractivity contribution is 6.32. The second kappa shape index (κ2) is 4.67. The van der Waals surface area contributed by atoms with Gasteiger partial charge in [0.05, 0.1) is 17.1 Å². The van der Waals surface area contributed by atoms with Crippen molar-refractivity contribution in [2.24, 2.45) is 5.73 Å². The van der Waals surface area contributed by atoms with Gasteiger partial charge in [-0.1, -0.05) is 11.6 Å². The van der Waals surface area contributed by atoms with E-state index in [-0.39, 0.29) is 6.54 Å². The second-order valence-electron chi connectivity index (χ2n) is 3.10. The summed E-state index contributed by atoms with van der Waals surface area (Å²) in [5.74, 6) is -0.419. The Labute approximate surface area is 92.8 Å². The van der Waals surface area contributed by atoms with Crippen molar-refractivity contribution in [2.45, 2.75) is 0 Å². The van der Waals surface area contributed by atoms with Crippen LogP contribution in [0.2, 0.25) is 5.02 Å². The zero-order valence-electron chi connectivity index (χ0n) is 8.20. The van der Waals surface area contributed by atoms with Gasteiger partial charge in [0, 0.05) is 12.7 Å². The number of halogens is 1. The van der Waals surface area contributed by atoms with Crippen LogP contribution in [0.25, 0.3) is 0 Å². The third-order valence-electron chi connectivity index (χ3n) is 1.91. The van der Waals surface area contributed by atoms with Crippen molar-refractivity contribution < 1.29 is 4.79 Å². The van der Waals surface area contributed by atoms with Gasteiger partial charge in [-0.3, -0.25) is 4.79 Å². The van der Waals surface area contributed by atoms with Crippen molar-refractivity contribution in [3.05, 3.63) is 28.8 Å². The van der Waals surface area contributed by atoms with Crippen molar-refractivity contribution in [1.29, 1.82) is 5.26 Å². The van der Waals surface area contributed by atoms with Crippen molar-refractivity contribution in [3.8, 4) is 6.07 Å². The number of nitrogens with two attached hydrogens (primary N) is 1. The largest absolute Gasteiger partial charge is 0.368 e. The minimum Gasteiger partial charge on any atom is -0.368 e. The number of carbonyl (C=O) groups is 1. The average molecular weight is 224 g/mol. The van der Waals surface area contributed by atoms with Gasteiger partial charge in [0.1, 0.15) is 6.07 Å². The summed E-state index contributed by atoms with van der Waals surface area (Å²) in [5.41, 5.74) is 6.22. The van der Waals surface area contributed by atoms with Crippen LogP contribution in [0, 0.1) is 11.3 Å². The number of rotatable bonds is 3. The third kappa shape index (κ3) is 2.86. The summed E-state index contributed by atoms with van der Waals surface area (Å²) >= 11 is 5.84. The van der Waals surface area contributed by atoms with Crippen LogP contribution < -0.4 is 10.6 Å². The molecule has 0 spiro atoms. The van der Waals surface area contributed by atoms with Gasteiger partial charge in [0.25, 0.3) is 0 Å². The summed E-state index contributed by atoms with van der Waals surface area (Å²) in [7, 11) is 1.72. The number of nitriles is 1. The fourth-order valence-corrected chi connectivity index (χ4v) is 1.37. The van der Waals surface area contributed by atoms with Crippen LogP contribution >= 0.6 is 11.6 Å². The van der Waals surface area contributed by atoms with E-state index in [1.165, 1.54) is 0 Å². The summed E-state index contributed by atoms with van der Waals surface area (Å²) in [4.78, 5) is 12.3. The molecule has 15 heavy (non-hydrogen) atoms. The first-order valence-electron chi connectivity index (χ1n) is 4.23.